The van der Waals surface area contributed by atoms with Crippen molar-refractivity contribution in [3.63, 3.8) is 0 Å². The molecule has 2 aromatic rings. The summed E-state index contributed by atoms with van der Waals surface area (Å²) in [4.78, 5) is 12.9. The van der Waals surface area contributed by atoms with Gasteiger partial charge in [-0.05, 0) is 18.8 Å². The van der Waals surface area contributed by atoms with Gasteiger partial charge in [0.15, 0.2) is 23.2 Å². The van der Waals surface area contributed by atoms with E-state index in [0.29, 0.717) is 22.9 Å². The first-order chi connectivity index (χ1) is 12.7. The summed E-state index contributed by atoms with van der Waals surface area (Å²) in [6.45, 7) is 0.483. The van der Waals surface area contributed by atoms with Crippen LogP contribution in [-0.2, 0) is 4.74 Å². The summed E-state index contributed by atoms with van der Waals surface area (Å²) in [5, 5.41) is 32.9. The molecular weight excluding hydrogens is 338 g/mol. The van der Waals surface area contributed by atoms with E-state index in [1.807, 2.05) is 0 Å². The third-order valence-corrected chi connectivity index (χ3v) is 5.43. The van der Waals surface area contributed by atoms with Gasteiger partial charge in [-0.25, -0.2) is 15.0 Å². The van der Waals surface area contributed by atoms with Crippen molar-refractivity contribution < 1.29 is 20.1 Å². The quantitative estimate of drug-likeness (QED) is 0.603. The summed E-state index contributed by atoms with van der Waals surface area (Å²) in [7, 11) is 0. The second kappa shape index (κ2) is 7.43. The normalized spacial score (nSPS) is 30.1. The van der Waals surface area contributed by atoms with Crippen molar-refractivity contribution >= 4 is 17.0 Å². The topological polar surface area (TPSA) is 126 Å². The van der Waals surface area contributed by atoms with Crippen LogP contribution in [0.25, 0.3) is 11.2 Å². The molecule has 9 heteroatoms. The van der Waals surface area contributed by atoms with E-state index >= 15 is 0 Å². The SMILES string of the molecule is OC[C@H]1O[C@@H](n2cnc3c(NCC4CCCCC4)ncnc32)[C@@H](O)C1O. The van der Waals surface area contributed by atoms with Crippen LogP contribution in [0, 0.1) is 5.92 Å². The van der Waals surface area contributed by atoms with Gasteiger partial charge >= 0.3 is 0 Å². The van der Waals surface area contributed by atoms with E-state index in [1.165, 1.54) is 44.8 Å². The molecule has 1 aliphatic heterocycles. The summed E-state index contributed by atoms with van der Waals surface area (Å²) in [6.07, 6.45) is 5.31. The molecule has 2 fully saturated rings. The standard InChI is InChI=1S/C17H25N5O4/c23-7-11-13(24)14(25)17(26-11)22-9-21-12-15(19-8-20-16(12)22)18-6-10-4-2-1-3-5-10/h8-11,13-14,17,23-25H,1-7H2,(H,18,19,20)/t11-,13?,14+,17-/m1/s1. The molecular formula is C17H25N5O4. The summed E-state index contributed by atoms with van der Waals surface area (Å²) >= 11 is 0. The molecule has 142 valence electrons. The lowest BCUT2D eigenvalue weighted by Crippen LogP contribution is -2.33. The Morgan fingerprint density at radius 2 is 1.92 bits per heavy atom. The van der Waals surface area contributed by atoms with Crippen LogP contribution in [0.3, 0.4) is 0 Å². The Kier molecular flexibility index (Phi) is 5.03. The van der Waals surface area contributed by atoms with E-state index in [2.05, 4.69) is 20.3 Å². The first-order valence-electron chi connectivity index (χ1n) is 9.23. The van der Waals surface area contributed by atoms with Crippen molar-refractivity contribution in [3.05, 3.63) is 12.7 Å². The Morgan fingerprint density at radius 3 is 2.65 bits per heavy atom. The van der Waals surface area contributed by atoms with Crippen LogP contribution in [0.5, 0.6) is 0 Å². The van der Waals surface area contributed by atoms with Gasteiger partial charge in [0.1, 0.15) is 24.6 Å². The number of anilines is 1. The van der Waals surface area contributed by atoms with Crippen LogP contribution >= 0.6 is 0 Å². The van der Waals surface area contributed by atoms with Gasteiger partial charge in [-0.1, -0.05) is 19.3 Å². The maximum absolute atomic E-state index is 10.2. The van der Waals surface area contributed by atoms with E-state index in [4.69, 9.17) is 4.74 Å². The number of nitrogens with one attached hydrogen (secondary N) is 1. The summed E-state index contributed by atoms with van der Waals surface area (Å²) in [6, 6.07) is 0. The minimum absolute atomic E-state index is 0.371. The van der Waals surface area contributed by atoms with E-state index in [0.717, 1.165) is 6.54 Å². The van der Waals surface area contributed by atoms with Crippen molar-refractivity contribution in [3.8, 4) is 0 Å². The molecule has 1 aliphatic carbocycles. The molecule has 0 spiro atoms. The lowest BCUT2D eigenvalue weighted by Gasteiger charge is -2.22. The molecule has 0 bridgehead atoms. The van der Waals surface area contributed by atoms with Crippen LogP contribution in [0.4, 0.5) is 5.82 Å². The van der Waals surface area contributed by atoms with Gasteiger partial charge in [-0.15, -0.1) is 0 Å². The fourth-order valence-corrected chi connectivity index (χ4v) is 3.91. The largest absolute Gasteiger partial charge is 0.394 e. The maximum atomic E-state index is 10.2. The molecule has 1 saturated heterocycles. The average molecular weight is 363 g/mol. The molecule has 4 rings (SSSR count). The lowest BCUT2D eigenvalue weighted by atomic mass is 9.89. The van der Waals surface area contributed by atoms with Gasteiger partial charge in [0.05, 0.1) is 12.9 Å². The molecule has 3 heterocycles. The number of imidazole rings is 1. The highest BCUT2D eigenvalue weighted by Crippen LogP contribution is 2.32. The Morgan fingerprint density at radius 1 is 1.12 bits per heavy atom. The molecule has 0 amide bonds. The summed E-state index contributed by atoms with van der Waals surface area (Å²) < 4.78 is 7.15. The molecule has 0 radical (unpaired) electrons. The minimum Gasteiger partial charge on any atom is -0.394 e. The number of hydrogen-bond acceptors (Lipinski definition) is 8. The zero-order valence-corrected chi connectivity index (χ0v) is 14.5. The first kappa shape index (κ1) is 17.6. The molecule has 1 saturated carbocycles. The average Bonchev–Trinajstić information content (AvgIpc) is 3.23. The highest BCUT2D eigenvalue weighted by atomic mass is 16.6. The van der Waals surface area contributed by atoms with Crippen molar-refractivity contribution in [2.24, 2.45) is 5.92 Å². The molecule has 4 N–H and O–H groups in total. The Balaban J connectivity index is 1.55. The predicted octanol–water partition coefficient (Wildman–Crippen LogP) is 0.430. The fraction of sp³-hybridized carbons (Fsp3) is 0.706. The molecule has 26 heavy (non-hydrogen) atoms. The number of hydrogen-bond donors (Lipinski definition) is 4. The zero-order valence-electron chi connectivity index (χ0n) is 14.5. The summed E-state index contributed by atoms with van der Waals surface area (Å²) in [5.41, 5.74) is 1.11. The van der Waals surface area contributed by atoms with E-state index in [1.54, 1.807) is 4.57 Å². The molecule has 4 atom stereocenters. The van der Waals surface area contributed by atoms with E-state index < -0.39 is 24.5 Å². The lowest BCUT2D eigenvalue weighted by molar-refractivity contribution is -0.0511. The van der Waals surface area contributed by atoms with Crippen LogP contribution in [0.2, 0.25) is 0 Å². The van der Waals surface area contributed by atoms with Crippen molar-refractivity contribution in [1.29, 1.82) is 0 Å². The number of aromatic nitrogens is 4. The monoisotopic (exact) mass is 363 g/mol. The van der Waals surface area contributed by atoms with Crippen molar-refractivity contribution in [2.75, 3.05) is 18.5 Å². The Labute approximate surface area is 151 Å². The smallest absolute Gasteiger partial charge is 0.167 e. The number of ether oxygens (including phenoxy) is 1. The van der Waals surface area contributed by atoms with Crippen LogP contribution in [0.1, 0.15) is 38.3 Å². The Hall–Kier alpha value is -1.81. The van der Waals surface area contributed by atoms with Gasteiger partial charge in [0, 0.05) is 6.54 Å². The fourth-order valence-electron chi connectivity index (χ4n) is 3.91. The highest BCUT2D eigenvalue weighted by Gasteiger charge is 2.44. The van der Waals surface area contributed by atoms with Crippen LogP contribution < -0.4 is 5.32 Å². The molecule has 2 aliphatic rings. The third kappa shape index (κ3) is 3.16. The number of nitrogens with zero attached hydrogens (tertiary/aromatic N) is 4. The molecule has 1 unspecified atom stereocenters. The number of aliphatic hydroxyl groups excluding tert-OH is 3. The van der Waals surface area contributed by atoms with Gasteiger partial charge in [0.25, 0.3) is 0 Å². The van der Waals surface area contributed by atoms with Gasteiger partial charge in [-0.3, -0.25) is 4.57 Å². The van der Waals surface area contributed by atoms with Crippen LogP contribution in [-0.4, -0.2) is 66.3 Å². The van der Waals surface area contributed by atoms with Crippen molar-refractivity contribution in [1.82, 2.24) is 19.5 Å². The maximum Gasteiger partial charge on any atom is 0.167 e. The summed E-state index contributed by atoms with van der Waals surface area (Å²) in [5.74, 6) is 1.31. The van der Waals surface area contributed by atoms with Crippen molar-refractivity contribution in [2.45, 2.75) is 56.6 Å². The van der Waals surface area contributed by atoms with Crippen LogP contribution in [0.15, 0.2) is 12.7 Å². The number of aliphatic hydroxyl groups is 3. The van der Waals surface area contributed by atoms with Gasteiger partial charge in [0.2, 0.25) is 0 Å². The first-order valence-corrected chi connectivity index (χ1v) is 9.23. The molecule has 9 nitrogen and oxygen atoms in total. The number of fused-ring (bicyclic) bond motifs is 1. The zero-order chi connectivity index (χ0) is 18.1. The predicted molar refractivity (Wildman–Crippen MR) is 93.4 cm³/mol. The highest BCUT2D eigenvalue weighted by molar-refractivity contribution is 5.82. The van der Waals surface area contributed by atoms with Gasteiger partial charge < -0.3 is 25.4 Å². The second-order valence-corrected chi connectivity index (χ2v) is 7.16. The second-order valence-electron chi connectivity index (χ2n) is 7.16. The van der Waals surface area contributed by atoms with Gasteiger partial charge in [-0.2, -0.15) is 0 Å². The number of rotatable bonds is 5. The third-order valence-electron chi connectivity index (χ3n) is 5.43. The minimum atomic E-state index is -1.17. The van der Waals surface area contributed by atoms with E-state index in [-0.39, 0.29) is 6.61 Å². The molecule has 2 aromatic heterocycles. The molecule has 0 aromatic carbocycles. The Bertz CT molecular complexity index is 748. The van der Waals surface area contributed by atoms with E-state index in [9.17, 15) is 15.3 Å².